The molecular weight excluding hydrogens is 534 g/mol. The predicted octanol–water partition coefficient (Wildman–Crippen LogP) is 2.57. The molecule has 40 heavy (non-hydrogen) atoms. The Morgan fingerprint density at radius 2 is 1.75 bits per heavy atom. The van der Waals surface area contributed by atoms with E-state index in [0.717, 1.165) is 15.4 Å². The number of hydrogen-bond donors (Lipinski definition) is 5. The van der Waals surface area contributed by atoms with Crippen LogP contribution in [0, 0.1) is 19.3 Å². The largest absolute Gasteiger partial charge is 0.480 e. The molecule has 1 fully saturated rings. The number of carbonyl (C=O) groups excluding carboxylic acids is 2. The first-order chi connectivity index (χ1) is 18.9. The molecule has 2 unspecified atom stereocenters. The summed E-state index contributed by atoms with van der Waals surface area (Å²) in [7, 11) is -3.94. The zero-order valence-electron chi connectivity index (χ0n) is 23.0. The highest BCUT2D eigenvalue weighted by Gasteiger charge is 2.40. The van der Waals surface area contributed by atoms with Crippen molar-refractivity contribution in [2.24, 2.45) is 0 Å². The van der Waals surface area contributed by atoms with Gasteiger partial charge in [0.25, 0.3) is 0 Å². The third-order valence-corrected chi connectivity index (χ3v) is 8.46. The lowest BCUT2D eigenvalue weighted by Gasteiger charge is -2.25. The number of aliphatic carboxylic acids is 1. The second-order valence-electron chi connectivity index (χ2n) is 10.1. The van der Waals surface area contributed by atoms with Crippen molar-refractivity contribution in [1.82, 2.24) is 14.9 Å². The van der Waals surface area contributed by atoms with E-state index in [4.69, 9.17) is 5.41 Å². The van der Waals surface area contributed by atoms with Crippen LogP contribution in [-0.4, -0.2) is 66.6 Å². The van der Waals surface area contributed by atoms with E-state index in [9.17, 15) is 27.9 Å². The SMILES string of the molecule is CC(=N)NCCCC(=O)Nc1ccc(CC(NC(=O)C2CCCN2S(=O)(=O)c2cc(C)cc(C)c2)C(=O)O)cc1. The molecule has 0 spiro atoms. The second-order valence-corrected chi connectivity index (χ2v) is 12.0. The van der Waals surface area contributed by atoms with E-state index >= 15 is 0 Å². The van der Waals surface area contributed by atoms with Gasteiger partial charge in [0.1, 0.15) is 12.1 Å². The Morgan fingerprint density at radius 1 is 1.10 bits per heavy atom. The van der Waals surface area contributed by atoms with Gasteiger partial charge in [0.05, 0.1) is 10.7 Å². The zero-order valence-corrected chi connectivity index (χ0v) is 23.8. The number of nitrogens with zero attached hydrogens (tertiary/aromatic N) is 1. The Balaban J connectivity index is 1.62. The number of aryl methyl sites for hydroxylation is 2. The third kappa shape index (κ3) is 8.36. The summed E-state index contributed by atoms with van der Waals surface area (Å²) in [4.78, 5) is 37.4. The smallest absolute Gasteiger partial charge is 0.326 e. The van der Waals surface area contributed by atoms with Gasteiger partial charge < -0.3 is 21.1 Å². The van der Waals surface area contributed by atoms with Crippen LogP contribution >= 0.6 is 0 Å². The molecular formula is C28H37N5O6S. The summed E-state index contributed by atoms with van der Waals surface area (Å²) >= 11 is 0. The van der Waals surface area contributed by atoms with Gasteiger partial charge in [-0.1, -0.05) is 18.2 Å². The predicted molar refractivity (Wildman–Crippen MR) is 152 cm³/mol. The van der Waals surface area contributed by atoms with E-state index in [1.807, 2.05) is 6.07 Å². The van der Waals surface area contributed by atoms with Crippen molar-refractivity contribution in [3.05, 3.63) is 59.2 Å². The highest BCUT2D eigenvalue weighted by atomic mass is 32.2. The van der Waals surface area contributed by atoms with E-state index in [0.29, 0.717) is 42.9 Å². The minimum absolute atomic E-state index is 0.0134. The van der Waals surface area contributed by atoms with Crippen molar-refractivity contribution in [1.29, 1.82) is 5.41 Å². The molecule has 2 amide bonds. The number of hydrogen-bond acceptors (Lipinski definition) is 6. The van der Waals surface area contributed by atoms with Crippen LogP contribution < -0.4 is 16.0 Å². The number of carbonyl (C=O) groups is 3. The Labute approximate surface area is 234 Å². The molecule has 0 bridgehead atoms. The topological polar surface area (TPSA) is 169 Å². The summed E-state index contributed by atoms with van der Waals surface area (Å²) < 4.78 is 27.9. The molecule has 0 aliphatic carbocycles. The van der Waals surface area contributed by atoms with Crippen molar-refractivity contribution >= 4 is 39.3 Å². The zero-order chi connectivity index (χ0) is 29.4. The lowest BCUT2D eigenvalue weighted by Crippen LogP contribution is -2.51. The van der Waals surface area contributed by atoms with Crippen LogP contribution in [0.1, 0.15) is 49.3 Å². The fraction of sp³-hybridized carbons (Fsp3) is 0.429. The molecule has 2 aromatic rings. The van der Waals surface area contributed by atoms with Crippen LogP contribution in [0.25, 0.3) is 0 Å². The number of anilines is 1. The average Bonchev–Trinajstić information content (AvgIpc) is 3.38. The number of sulfonamides is 1. The quantitative estimate of drug-likeness (QED) is 0.148. The molecule has 1 aliphatic heterocycles. The first-order valence-corrected chi connectivity index (χ1v) is 14.6. The van der Waals surface area contributed by atoms with Crippen molar-refractivity contribution in [2.45, 2.75) is 69.9 Å². The van der Waals surface area contributed by atoms with Crippen LogP contribution in [0.4, 0.5) is 5.69 Å². The lowest BCUT2D eigenvalue weighted by molar-refractivity contribution is -0.142. The highest BCUT2D eigenvalue weighted by molar-refractivity contribution is 7.89. The second kappa shape index (κ2) is 13.5. The van der Waals surface area contributed by atoms with Gasteiger partial charge in [-0.15, -0.1) is 0 Å². The van der Waals surface area contributed by atoms with E-state index in [2.05, 4.69) is 16.0 Å². The molecule has 3 rings (SSSR count). The Hall–Kier alpha value is -3.77. The number of amidine groups is 1. The maximum absolute atomic E-state index is 13.4. The van der Waals surface area contributed by atoms with E-state index in [1.54, 1.807) is 57.2 Å². The molecule has 2 aromatic carbocycles. The van der Waals surface area contributed by atoms with Gasteiger partial charge in [-0.3, -0.25) is 15.0 Å². The molecule has 1 heterocycles. The van der Waals surface area contributed by atoms with Gasteiger partial charge in [0.15, 0.2) is 0 Å². The fourth-order valence-corrected chi connectivity index (χ4v) is 6.53. The van der Waals surface area contributed by atoms with E-state index in [-0.39, 0.29) is 30.2 Å². The number of carboxylic acids is 1. The first kappa shape index (κ1) is 30.8. The minimum atomic E-state index is -3.94. The molecule has 11 nitrogen and oxygen atoms in total. The molecule has 216 valence electrons. The number of rotatable bonds is 12. The summed E-state index contributed by atoms with van der Waals surface area (Å²) in [6.07, 6.45) is 1.64. The van der Waals surface area contributed by atoms with Crippen molar-refractivity contribution in [3.8, 4) is 0 Å². The Bertz CT molecular complexity index is 1340. The average molecular weight is 572 g/mol. The molecule has 0 aromatic heterocycles. The molecule has 1 saturated heterocycles. The van der Waals surface area contributed by atoms with Gasteiger partial charge in [-0.25, -0.2) is 13.2 Å². The maximum Gasteiger partial charge on any atom is 0.326 e. The summed E-state index contributed by atoms with van der Waals surface area (Å²) in [6.45, 7) is 5.94. The van der Waals surface area contributed by atoms with E-state index < -0.39 is 34.0 Å². The number of benzene rings is 2. The number of amides is 2. The third-order valence-electron chi connectivity index (χ3n) is 6.57. The standard InChI is InChI=1S/C28H37N5O6S/c1-18-14-19(2)16-23(15-18)40(38,39)33-13-5-6-25(33)27(35)32-24(28(36)37)17-21-8-10-22(11-9-21)31-26(34)7-4-12-30-20(3)29/h8-11,14-16,24-25H,4-7,12-13,17H2,1-3H3,(H2,29,30)(H,31,34)(H,32,35)(H,36,37). The summed E-state index contributed by atoms with van der Waals surface area (Å²) in [5.74, 6) is -1.71. The number of nitrogens with one attached hydrogen (secondary N) is 4. The van der Waals surface area contributed by atoms with Crippen molar-refractivity contribution < 1.29 is 27.9 Å². The van der Waals surface area contributed by atoms with Crippen LogP contribution in [0.3, 0.4) is 0 Å². The van der Waals surface area contributed by atoms with Gasteiger partial charge in [0.2, 0.25) is 21.8 Å². The molecule has 2 atom stereocenters. The van der Waals surface area contributed by atoms with Crippen LogP contribution in [-0.2, 0) is 30.8 Å². The van der Waals surface area contributed by atoms with Crippen molar-refractivity contribution in [3.63, 3.8) is 0 Å². The molecule has 5 N–H and O–H groups in total. The Morgan fingerprint density at radius 3 is 2.35 bits per heavy atom. The van der Waals surface area contributed by atoms with Gasteiger partial charge in [-0.2, -0.15) is 4.31 Å². The molecule has 0 radical (unpaired) electrons. The number of carboxylic acid groups (broad SMARTS) is 1. The normalized spacial score (nSPS) is 16.2. The molecule has 12 heteroatoms. The van der Waals surface area contributed by atoms with E-state index in [1.165, 1.54) is 0 Å². The lowest BCUT2D eigenvalue weighted by atomic mass is 10.0. The monoisotopic (exact) mass is 571 g/mol. The van der Waals surface area contributed by atoms with Crippen LogP contribution in [0.2, 0.25) is 0 Å². The minimum Gasteiger partial charge on any atom is -0.480 e. The summed E-state index contributed by atoms with van der Waals surface area (Å²) in [5.41, 5.74) is 2.77. The van der Waals surface area contributed by atoms with Gasteiger partial charge in [-0.05, 0) is 81.0 Å². The Kier molecular flexibility index (Phi) is 10.4. The van der Waals surface area contributed by atoms with Crippen LogP contribution in [0.15, 0.2) is 47.4 Å². The molecule has 1 aliphatic rings. The summed E-state index contributed by atoms with van der Waals surface area (Å²) in [5, 5.41) is 25.2. The maximum atomic E-state index is 13.4. The summed E-state index contributed by atoms with van der Waals surface area (Å²) in [6, 6.07) is 9.40. The van der Waals surface area contributed by atoms with Gasteiger partial charge >= 0.3 is 5.97 Å². The first-order valence-electron chi connectivity index (χ1n) is 13.2. The highest BCUT2D eigenvalue weighted by Crippen LogP contribution is 2.27. The van der Waals surface area contributed by atoms with Crippen molar-refractivity contribution in [2.75, 3.05) is 18.4 Å². The van der Waals surface area contributed by atoms with Gasteiger partial charge in [0, 0.05) is 31.6 Å². The fourth-order valence-electron chi connectivity index (χ4n) is 4.68. The molecule has 0 saturated carbocycles. The van der Waals surface area contributed by atoms with Crippen LogP contribution in [0.5, 0.6) is 0 Å².